The van der Waals surface area contributed by atoms with Gasteiger partial charge in [0.15, 0.2) is 0 Å². The van der Waals surface area contributed by atoms with Crippen molar-refractivity contribution < 1.29 is 0 Å². The molecule has 1 saturated carbocycles. The molecule has 0 aliphatic heterocycles. The zero-order valence-electron chi connectivity index (χ0n) is 11.3. The largest absolute Gasteiger partial charge is 0.0654 e. The number of rotatable bonds is 9. The van der Waals surface area contributed by atoms with Crippen molar-refractivity contribution in [2.24, 2.45) is 5.92 Å². The molecular formula is C16H31. The van der Waals surface area contributed by atoms with E-state index >= 15 is 0 Å². The Morgan fingerprint density at radius 1 is 0.938 bits per heavy atom. The van der Waals surface area contributed by atoms with E-state index in [-0.39, 0.29) is 0 Å². The van der Waals surface area contributed by atoms with Crippen molar-refractivity contribution in [3.63, 3.8) is 0 Å². The Bertz CT molecular complexity index is 133. The van der Waals surface area contributed by atoms with Crippen molar-refractivity contribution in [1.82, 2.24) is 0 Å². The van der Waals surface area contributed by atoms with Gasteiger partial charge in [0.05, 0.1) is 0 Å². The fourth-order valence-corrected chi connectivity index (χ4v) is 2.85. The second-order valence-corrected chi connectivity index (χ2v) is 5.58. The minimum Gasteiger partial charge on any atom is -0.0654 e. The molecule has 1 fully saturated rings. The van der Waals surface area contributed by atoms with Crippen LogP contribution in [0.25, 0.3) is 0 Å². The Morgan fingerprint density at radius 3 is 2.25 bits per heavy atom. The Hall–Kier alpha value is 0. The van der Waals surface area contributed by atoms with Gasteiger partial charge < -0.3 is 0 Å². The molecule has 1 unspecified atom stereocenters. The monoisotopic (exact) mass is 223 g/mol. The second kappa shape index (κ2) is 10.2. The maximum Gasteiger partial charge on any atom is -0.0383 e. The third-order valence-electron chi connectivity index (χ3n) is 3.99. The first-order valence-corrected chi connectivity index (χ1v) is 7.75. The summed E-state index contributed by atoms with van der Waals surface area (Å²) in [6.45, 7) is 2.29. The summed E-state index contributed by atoms with van der Waals surface area (Å²) in [6, 6.07) is 0. The third-order valence-corrected chi connectivity index (χ3v) is 3.99. The highest BCUT2D eigenvalue weighted by Crippen LogP contribution is 2.27. The maximum atomic E-state index is 2.51. The fraction of sp³-hybridized carbons (Fsp3) is 0.938. The number of hydrogen-bond donors (Lipinski definition) is 0. The molecule has 0 aromatic carbocycles. The molecule has 0 aromatic rings. The van der Waals surface area contributed by atoms with Crippen LogP contribution < -0.4 is 0 Å². The summed E-state index contributed by atoms with van der Waals surface area (Å²) in [7, 11) is 0. The average molecular weight is 223 g/mol. The molecule has 0 amide bonds. The van der Waals surface area contributed by atoms with Crippen molar-refractivity contribution in [3.8, 4) is 0 Å². The lowest BCUT2D eigenvalue weighted by Gasteiger charge is -2.20. The summed E-state index contributed by atoms with van der Waals surface area (Å²) in [5.41, 5.74) is 0. The molecule has 0 N–H and O–H groups in total. The first-order chi connectivity index (χ1) is 7.93. The molecule has 0 spiro atoms. The molecule has 16 heavy (non-hydrogen) atoms. The predicted molar refractivity (Wildman–Crippen MR) is 73.5 cm³/mol. The van der Waals surface area contributed by atoms with Gasteiger partial charge in [0.25, 0.3) is 0 Å². The molecule has 1 rings (SSSR count). The van der Waals surface area contributed by atoms with Crippen LogP contribution in [0, 0.1) is 12.3 Å². The van der Waals surface area contributed by atoms with Crippen LogP contribution in [0.2, 0.25) is 0 Å². The summed E-state index contributed by atoms with van der Waals surface area (Å²) < 4.78 is 0. The fourth-order valence-electron chi connectivity index (χ4n) is 2.85. The number of unbranched alkanes of at least 4 members (excludes halogenated alkanes) is 7. The highest BCUT2D eigenvalue weighted by atomic mass is 14.2. The van der Waals surface area contributed by atoms with E-state index in [0.29, 0.717) is 0 Å². The van der Waals surface area contributed by atoms with Gasteiger partial charge >= 0.3 is 0 Å². The predicted octanol–water partition coefficient (Wildman–Crippen LogP) is 5.91. The Kier molecular flexibility index (Phi) is 8.94. The first kappa shape index (κ1) is 14.1. The summed E-state index contributed by atoms with van der Waals surface area (Å²) in [5, 5.41) is 0. The van der Waals surface area contributed by atoms with Gasteiger partial charge in [-0.05, 0) is 18.8 Å². The SMILES string of the molecule is CCCCCCCCCCC1C[CH]CCC1. The van der Waals surface area contributed by atoms with Gasteiger partial charge in [-0.2, -0.15) is 0 Å². The third kappa shape index (κ3) is 7.30. The molecule has 0 nitrogen and oxygen atoms in total. The minimum atomic E-state index is 1.05. The normalized spacial score (nSPS) is 17.8. The molecule has 1 radical (unpaired) electrons. The summed E-state index contributed by atoms with van der Waals surface area (Å²) >= 11 is 0. The molecule has 0 heterocycles. The molecule has 0 bridgehead atoms. The molecule has 1 atom stereocenters. The van der Waals surface area contributed by atoms with Gasteiger partial charge in [0.1, 0.15) is 0 Å². The van der Waals surface area contributed by atoms with Crippen LogP contribution in [-0.4, -0.2) is 0 Å². The van der Waals surface area contributed by atoms with Crippen LogP contribution in [-0.2, 0) is 0 Å². The van der Waals surface area contributed by atoms with Crippen molar-refractivity contribution in [2.75, 3.05) is 0 Å². The van der Waals surface area contributed by atoms with Gasteiger partial charge in [-0.3, -0.25) is 0 Å². The summed E-state index contributed by atoms with van der Waals surface area (Å²) in [6.07, 6.45) is 21.5. The van der Waals surface area contributed by atoms with E-state index in [9.17, 15) is 0 Å². The molecule has 1 aliphatic carbocycles. The van der Waals surface area contributed by atoms with Crippen molar-refractivity contribution in [2.45, 2.75) is 90.4 Å². The standard InChI is InChI=1S/C16H31/c1-2-3-4-5-6-7-8-10-13-16-14-11-9-12-15-16/h11,16H,2-10,12-15H2,1H3. The van der Waals surface area contributed by atoms with Crippen LogP contribution in [0.15, 0.2) is 0 Å². The highest BCUT2D eigenvalue weighted by Gasteiger charge is 2.12. The van der Waals surface area contributed by atoms with Crippen molar-refractivity contribution >= 4 is 0 Å². The van der Waals surface area contributed by atoms with Crippen LogP contribution in [0.1, 0.15) is 90.4 Å². The second-order valence-electron chi connectivity index (χ2n) is 5.58. The molecule has 1 aliphatic rings. The van der Waals surface area contributed by atoms with Crippen LogP contribution in [0.5, 0.6) is 0 Å². The maximum absolute atomic E-state index is 2.51. The van der Waals surface area contributed by atoms with E-state index in [2.05, 4.69) is 13.3 Å². The molecule has 0 aromatic heterocycles. The topological polar surface area (TPSA) is 0 Å². The lowest BCUT2D eigenvalue weighted by atomic mass is 9.85. The highest BCUT2D eigenvalue weighted by molar-refractivity contribution is 4.77. The Morgan fingerprint density at radius 2 is 1.62 bits per heavy atom. The smallest absolute Gasteiger partial charge is 0.0383 e. The van der Waals surface area contributed by atoms with Crippen LogP contribution >= 0.6 is 0 Å². The molecule has 0 heteroatoms. The molecular weight excluding hydrogens is 192 g/mol. The van der Waals surface area contributed by atoms with Gasteiger partial charge in [-0.25, -0.2) is 0 Å². The summed E-state index contributed by atoms with van der Waals surface area (Å²) in [4.78, 5) is 0. The van der Waals surface area contributed by atoms with E-state index in [0.717, 1.165) is 5.92 Å². The average Bonchev–Trinajstić information content (AvgIpc) is 2.34. The van der Waals surface area contributed by atoms with Gasteiger partial charge in [-0.1, -0.05) is 84.0 Å². The zero-order valence-corrected chi connectivity index (χ0v) is 11.3. The van der Waals surface area contributed by atoms with Crippen LogP contribution in [0.3, 0.4) is 0 Å². The van der Waals surface area contributed by atoms with Crippen LogP contribution in [0.4, 0.5) is 0 Å². The van der Waals surface area contributed by atoms with E-state index in [4.69, 9.17) is 0 Å². The minimum absolute atomic E-state index is 1.05. The zero-order chi connectivity index (χ0) is 11.5. The summed E-state index contributed by atoms with van der Waals surface area (Å²) in [5.74, 6) is 1.05. The Labute approximate surface area is 103 Å². The van der Waals surface area contributed by atoms with Gasteiger partial charge in [-0.15, -0.1) is 0 Å². The van der Waals surface area contributed by atoms with E-state index in [1.165, 1.54) is 83.5 Å². The van der Waals surface area contributed by atoms with E-state index in [1.54, 1.807) is 0 Å². The van der Waals surface area contributed by atoms with E-state index in [1.807, 2.05) is 0 Å². The Balaban J connectivity index is 1.77. The lowest BCUT2D eigenvalue weighted by Crippen LogP contribution is -2.06. The van der Waals surface area contributed by atoms with Gasteiger partial charge in [0, 0.05) is 0 Å². The first-order valence-electron chi connectivity index (χ1n) is 7.75. The van der Waals surface area contributed by atoms with Crippen molar-refractivity contribution in [3.05, 3.63) is 6.42 Å². The van der Waals surface area contributed by atoms with E-state index < -0.39 is 0 Å². The molecule has 0 saturated heterocycles. The van der Waals surface area contributed by atoms with Gasteiger partial charge in [0.2, 0.25) is 0 Å². The quantitative estimate of drug-likeness (QED) is 0.426. The lowest BCUT2D eigenvalue weighted by molar-refractivity contribution is 0.372. The number of hydrogen-bond acceptors (Lipinski definition) is 0. The molecule has 95 valence electrons. The van der Waals surface area contributed by atoms with Crippen molar-refractivity contribution in [1.29, 1.82) is 0 Å².